The van der Waals surface area contributed by atoms with E-state index in [0.717, 1.165) is 5.69 Å². The van der Waals surface area contributed by atoms with Gasteiger partial charge in [-0.25, -0.2) is 9.97 Å². The highest BCUT2D eigenvalue weighted by Gasteiger charge is 2.16. The van der Waals surface area contributed by atoms with Gasteiger partial charge in [-0.05, 0) is 0 Å². The van der Waals surface area contributed by atoms with E-state index in [1.54, 1.807) is 5.51 Å². The van der Waals surface area contributed by atoms with Crippen molar-refractivity contribution in [2.24, 2.45) is 0 Å². The summed E-state index contributed by atoms with van der Waals surface area (Å²) in [5.74, 6) is 0.0468. The van der Waals surface area contributed by atoms with E-state index in [2.05, 4.69) is 15.3 Å². The molecule has 2 rings (SSSR count). The summed E-state index contributed by atoms with van der Waals surface area (Å²) in [6.07, 6.45) is 0. The van der Waals surface area contributed by atoms with Gasteiger partial charge in [0.15, 0.2) is 5.13 Å². The van der Waals surface area contributed by atoms with Gasteiger partial charge in [0.2, 0.25) is 0 Å². The molecule has 0 saturated heterocycles. The van der Waals surface area contributed by atoms with E-state index in [-0.39, 0.29) is 11.7 Å². The van der Waals surface area contributed by atoms with Crippen molar-refractivity contribution >= 4 is 39.5 Å². The third kappa shape index (κ3) is 2.77. The first-order valence-electron chi connectivity index (χ1n) is 5.17. The Kier molecular flexibility index (Phi) is 3.78. The van der Waals surface area contributed by atoms with Crippen LogP contribution in [-0.2, 0) is 6.54 Å². The maximum atomic E-state index is 11.9. The molecular weight excluding hydrogens is 270 g/mol. The fourth-order valence-corrected chi connectivity index (χ4v) is 2.63. The molecule has 18 heavy (non-hydrogen) atoms. The molecule has 2 heterocycles. The smallest absolute Gasteiger partial charge is 0.265 e. The molecule has 0 aliphatic heterocycles. The van der Waals surface area contributed by atoms with Crippen LogP contribution >= 0.6 is 22.7 Å². The number of nitrogens with zero attached hydrogens (tertiary/aromatic N) is 3. The quantitative estimate of drug-likeness (QED) is 0.880. The lowest BCUT2D eigenvalue weighted by molar-refractivity contribution is 0.0955. The monoisotopic (exact) mass is 283 g/mol. The number of carbonyl (C=O) groups is 1. The highest BCUT2D eigenvalue weighted by atomic mass is 32.1. The van der Waals surface area contributed by atoms with Crippen LogP contribution < -0.4 is 16.0 Å². The van der Waals surface area contributed by atoms with Gasteiger partial charge in [0, 0.05) is 19.5 Å². The second-order valence-electron chi connectivity index (χ2n) is 3.77. The second kappa shape index (κ2) is 5.32. The van der Waals surface area contributed by atoms with Crippen molar-refractivity contribution in [2.45, 2.75) is 6.54 Å². The highest BCUT2D eigenvalue weighted by Crippen LogP contribution is 2.26. The van der Waals surface area contributed by atoms with Crippen molar-refractivity contribution in [3.63, 3.8) is 0 Å². The van der Waals surface area contributed by atoms with Crippen LogP contribution in [0.15, 0.2) is 10.9 Å². The van der Waals surface area contributed by atoms with Crippen molar-refractivity contribution < 1.29 is 4.79 Å². The zero-order valence-corrected chi connectivity index (χ0v) is 11.6. The van der Waals surface area contributed by atoms with Crippen molar-refractivity contribution in [2.75, 3.05) is 24.7 Å². The van der Waals surface area contributed by atoms with Crippen molar-refractivity contribution in [3.8, 4) is 0 Å². The van der Waals surface area contributed by atoms with Gasteiger partial charge >= 0.3 is 0 Å². The molecule has 2 aromatic rings. The van der Waals surface area contributed by atoms with Crippen molar-refractivity contribution in [1.29, 1.82) is 0 Å². The summed E-state index contributed by atoms with van der Waals surface area (Å²) in [6, 6.07) is 0. The Hall–Kier alpha value is -1.67. The molecule has 0 fully saturated rings. The normalized spacial score (nSPS) is 10.3. The number of nitrogens with two attached hydrogens (primary N) is 1. The van der Waals surface area contributed by atoms with E-state index >= 15 is 0 Å². The maximum Gasteiger partial charge on any atom is 0.265 e. The van der Waals surface area contributed by atoms with Crippen LogP contribution in [0.25, 0.3) is 0 Å². The molecule has 8 heteroatoms. The van der Waals surface area contributed by atoms with Crippen LogP contribution in [0.4, 0.5) is 10.9 Å². The predicted octanol–water partition coefficient (Wildman–Crippen LogP) is 1.18. The summed E-state index contributed by atoms with van der Waals surface area (Å²) in [5.41, 5.74) is 8.29. The van der Waals surface area contributed by atoms with Gasteiger partial charge in [-0.15, -0.1) is 11.3 Å². The summed E-state index contributed by atoms with van der Waals surface area (Å²) in [6.45, 7) is 0.400. The lowest BCUT2D eigenvalue weighted by Crippen LogP contribution is -2.22. The summed E-state index contributed by atoms with van der Waals surface area (Å²) >= 11 is 2.77. The van der Waals surface area contributed by atoms with Crippen molar-refractivity contribution in [3.05, 3.63) is 21.5 Å². The van der Waals surface area contributed by atoms with Gasteiger partial charge in [0.05, 0.1) is 17.7 Å². The molecule has 0 aromatic carbocycles. The topological polar surface area (TPSA) is 84.1 Å². The molecule has 0 aliphatic carbocycles. The maximum absolute atomic E-state index is 11.9. The first-order chi connectivity index (χ1) is 8.58. The molecule has 0 aliphatic rings. The molecule has 0 bridgehead atoms. The first-order valence-corrected chi connectivity index (χ1v) is 6.92. The fraction of sp³-hybridized carbons (Fsp3) is 0.300. The van der Waals surface area contributed by atoms with Gasteiger partial charge in [-0.3, -0.25) is 4.79 Å². The van der Waals surface area contributed by atoms with E-state index in [9.17, 15) is 4.79 Å². The first kappa shape index (κ1) is 12.8. The molecule has 0 radical (unpaired) electrons. The minimum atomic E-state index is -0.217. The van der Waals surface area contributed by atoms with Gasteiger partial charge in [0.25, 0.3) is 5.91 Å². The van der Waals surface area contributed by atoms with Crippen LogP contribution in [0.2, 0.25) is 0 Å². The summed E-state index contributed by atoms with van der Waals surface area (Å²) in [5, 5.41) is 5.38. The number of carbonyl (C=O) groups excluding carboxylic acids is 1. The number of rotatable bonds is 4. The second-order valence-corrected chi connectivity index (χ2v) is 5.46. The van der Waals surface area contributed by atoms with Gasteiger partial charge in [-0.1, -0.05) is 11.3 Å². The molecular formula is C10H13N5OS2. The van der Waals surface area contributed by atoms with Crippen LogP contribution in [0, 0.1) is 0 Å². The minimum Gasteiger partial charge on any atom is -0.382 e. The number of aromatic nitrogens is 2. The molecule has 0 atom stereocenters. The molecule has 3 N–H and O–H groups in total. The van der Waals surface area contributed by atoms with Crippen LogP contribution in [0.1, 0.15) is 15.4 Å². The number of anilines is 2. The van der Waals surface area contributed by atoms with E-state index in [1.165, 1.54) is 22.7 Å². The number of nitrogens with one attached hydrogen (secondary N) is 1. The van der Waals surface area contributed by atoms with Gasteiger partial charge < -0.3 is 16.0 Å². The van der Waals surface area contributed by atoms with E-state index < -0.39 is 0 Å². The summed E-state index contributed by atoms with van der Waals surface area (Å²) < 4.78 is 0. The largest absolute Gasteiger partial charge is 0.382 e. The Balaban J connectivity index is 2.04. The molecule has 0 spiro atoms. The van der Waals surface area contributed by atoms with E-state index in [1.807, 2.05) is 24.4 Å². The SMILES string of the molecule is CN(C)c1nc(N)c(C(=O)NCc2cscn2)s1. The number of amides is 1. The molecule has 96 valence electrons. The average molecular weight is 283 g/mol. The molecule has 2 aromatic heterocycles. The van der Waals surface area contributed by atoms with Crippen LogP contribution in [-0.4, -0.2) is 30.0 Å². The zero-order valence-electron chi connectivity index (χ0n) is 10.0. The Morgan fingerprint density at radius 1 is 1.56 bits per heavy atom. The van der Waals surface area contributed by atoms with Gasteiger partial charge in [-0.2, -0.15) is 0 Å². The van der Waals surface area contributed by atoms with E-state index in [0.29, 0.717) is 16.6 Å². The van der Waals surface area contributed by atoms with Crippen molar-refractivity contribution in [1.82, 2.24) is 15.3 Å². The Labute approximate surface area is 112 Å². The Morgan fingerprint density at radius 3 is 2.89 bits per heavy atom. The van der Waals surface area contributed by atoms with E-state index in [4.69, 9.17) is 5.73 Å². The Bertz CT molecular complexity index is 534. The third-order valence-corrected chi connectivity index (χ3v) is 4.02. The average Bonchev–Trinajstić information content (AvgIpc) is 2.94. The summed E-state index contributed by atoms with van der Waals surface area (Å²) in [7, 11) is 3.71. The number of hydrogen-bond donors (Lipinski definition) is 2. The Morgan fingerprint density at radius 2 is 2.33 bits per heavy atom. The number of thiazole rings is 2. The van der Waals surface area contributed by atoms with Crippen LogP contribution in [0.5, 0.6) is 0 Å². The molecule has 0 saturated carbocycles. The molecule has 0 unspecified atom stereocenters. The predicted molar refractivity (Wildman–Crippen MR) is 74.1 cm³/mol. The van der Waals surface area contributed by atoms with Crippen LogP contribution in [0.3, 0.4) is 0 Å². The standard InChI is InChI=1S/C10H13N5OS2/c1-15(2)10-14-8(11)7(18-10)9(16)12-3-6-4-17-5-13-6/h4-5H,3,11H2,1-2H3,(H,12,16). The zero-order chi connectivity index (χ0) is 13.1. The fourth-order valence-electron chi connectivity index (χ4n) is 1.25. The lowest BCUT2D eigenvalue weighted by Gasteiger charge is -2.05. The van der Waals surface area contributed by atoms with Gasteiger partial charge in [0.1, 0.15) is 10.7 Å². The minimum absolute atomic E-state index is 0.217. The number of nitrogen functional groups attached to an aromatic ring is 1. The molecule has 1 amide bonds. The third-order valence-electron chi connectivity index (χ3n) is 2.14. The highest BCUT2D eigenvalue weighted by molar-refractivity contribution is 7.18. The molecule has 6 nitrogen and oxygen atoms in total. The lowest BCUT2D eigenvalue weighted by atomic mass is 10.4. The number of hydrogen-bond acceptors (Lipinski definition) is 7. The summed E-state index contributed by atoms with van der Waals surface area (Å²) in [4.78, 5) is 22.4.